The van der Waals surface area contributed by atoms with E-state index in [2.05, 4.69) is 41.9 Å². The highest BCUT2D eigenvalue weighted by atomic mass is 79.9. The van der Waals surface area contributed by atoms with Crippen LogP contribution in [0.25, 0.3) is 0 Å². The molecule has 98 valence electrons. The quantitative estimate of drug-likeness (QED) is 0.692. The molecule has 17 heavy (non-hydrogen) atoms. The van der Waals surface area contributed by atoms with Gasteiger partial charge in [-0.15, -0.1) is 0 Å². The molecule has 0 N–H and O–H groups in total. The van der Waals surface area contributed by atoms with Gasteiger partial charge in [-0.2, -0.15) is 5.10 Å². The number of halogens is 2. The lowest BCUT2D eigenvalue weighted by molar-refractivity contribution is 0.146. The van der Waals surface area contributed by atoms with E-state index in [1.165, 1.54) is 5.69 Å². The van der Waals surface area contributed by atoms with E-state index in [-0.39, 0.29) is 0 Å². The third-order valence-corrected chi connectivity index (χ3v) is 4.03. The number of hydrogen-bond acceptors (Lipinski definition) is 3. The molecule has 0 saturated carbocycles. The molecule has 0 spiro atoms. The first kappa shape index (κ1) is 15.1. The van der Waals surface area contributed by atoms with Crippen LogP contribution in [-0.4, -0.2) is 46.8 Å². The number of methoxy groups -OCH3 is 1. The fourth-order valence-electron chi connectivity index (χ4n) is 1.67. The molecule has 0 amide bonds. The maximum atomic E-state index is 5.13. The summed E-state index contributed by atoms with van der Waals surface area (Å²) >= 11 is 7.08. The van der Waals surface area contributed by atoms with Gasteiger partial charge in [0.05, 0.1) is 22.5 Å². The van der Waals surface area contributed by atoms with Gasteiger partial charge >= 0.3 is 0 Å². The zero-order valence-corrected chi connectivity index (χ0v) is 13.7. The Morgan fingerprint density at radius 3 is 2.59 bits per heavy atom. The van der Waals surface area contributed by atoms with Gasteiger partial charge < -0.3 is 4.74 Å². The van der Waals surface area contributed by atoms with Gasteiger partial charge in [0, 0.05) is 39.1 Å². The molecule has 1 rings (SSSR count). The minimum atomic E-state index is 0.751. The van der Waals surface area contributed by atoms with Gasteiger partial charge in [-0.05, 0) is 22.9 Å². The second kappa shape index (κ2) is 7.51. The van der Waals surface area contributed by atoms with Crippen LogP contribution < -0.4 is 0 Å². The first-order valence-electron chi connectivity index (χ1n) is 5.55. The Hall–Kier alpha value is 0.0900. The van der Waals surface area contributed by atoms with Crippen molar-refractivity contribution in [3.63, 3.8) is 0 Å². The largest absolute Gasteiger partial charge is 0.383 e. The van der Waals surface area contributed by atoms with Gasteiger partial charge in [0.15, 0.2) is 0 Å². The molecular formula is C11H19Br2N3O. The van der Waals surface area contributed by atoms with E-state index in [0.717, 1.165) is 41.7 Å². The summed E-state index contributed by atoms with van der Waals surface area (Å²) < 4.78 is 8.18. The lowest BCUT2D eigenvalue weighted by Crippen LogP contribution is -2.29. The molecule has 4 nitrogen and oxygen atoms in total. The first-order valence-corrected chi connectivity index (χ1v) is 7.46. The summed E-state index contributed by atoms with van der Waals surface area (Å²) in [5.41, 5.74) is 2.24. The standard InChI is InChI=1S/C11H19Br2N3O/c1-9-11(13)10(15(2)14-9)8-16(5-4-12)6-7-17-3/h4-8H2,1-3H3. The van der Waals surface area contributed by atoms with Crippen LogP contribution in [0.3, 0.4) is 0 Å². The molecule has 0 aliphatic rings. The number of rotatable bonds is 7. The van der Waals surface area contributed by atoms with E-state index in [9.17, 15) is 0 Å². The van der Waals surface area contributed by atoms with Crippen molar-refractivity contribution in [2.75, 3.05) is 32.1 Å². The molecule has 0 fully saturated rings. The van der Waals surface area contributed by atoms with Crippen molar-refractivity contribution in [2.45, 2.75) is 13.5 Å². The van der Waals surface area contributed by atoms with E-state index >= 15 is 0 Å². The lowest BCUT2D eigenvalue weighted by atomic mass is 10.3. The topological polar surface area (TPSA) is 30.3 Å². The van der Waals surface area contributed by atoms with Crippen LogP contribution in [0.1, 0.15) is 11.4 Å². The smallest absolute Gasteiger partial charge is 0.0739 e. The normalized spacial score (nSPS) is 11.4. The predicted octanol–water partition coefficient (Wildman–Crippen LogP) is 2.33. The molecular weight excluding hydrogens is 350 g/mol. The van der Waals surface area contributed by atoms with Crippen molar-refractivity contribution >= 4 is 31.9 Å². The number of ether oxygens (including phenoxy) is 1. The maximum absolute atomic E-state index is 5.13. The summed E-state index contributed by atoms with van der Waals surface area (Å²) in [4.78, 5) is 2.35. The molecule has 0 aliphatic carbocycles. The van der Waals surface area contributed by atoms with Crippen molar-refractivity contribution in [2.24, 2.45) is 7.05 Å². The second-order valence-corrected chi connectivity index (χ2v) is 5.51. The molecule has 1 heterocycles. The van der Waals surface area contributed by atoms with Crippen molar-refractivity contribution in [1.29, 1.82) is 0 Å². The zero-order valence-electron chi connectivity index (χ0n) is 10.5. The van der Waals surface area contributed by atoms with Gasteiger partial charge in [0.1, 0.15) is 0 Å². The molecule has 0 atom stereocenters. The molecule has 0 aliphatic heterocycles. The number of nitrogens with zero attached hydrogens (tertiary/aromatic N) is 3. The molecule has 0 saturated heterocycles. The van der Waals surface area contributed by atoms with Crippen LogP contribution in [0, 0.1) is 6.92 Å². The number of hydrogen-bond donors (Lipinski definition) is 0. The Morgan fingerprint density at radius 1 is 1.41 bits per heavy atom. The Labute approximate surface area is 120 Å². The van der Waals surface area contributed by atoms with Crippen LogP contribution in [0.15, 0.2) is 4.47 Å². The molecule has 0 bridgehead atoms. The molecule has 1 aromatic heterocycles. The summed E-state index contributed by atoms with van der Waals surface area (Å²) in [6.45, 7) is 5.57. The predicted molar refractivity (Wildman–Crippen MR) is 76.6 cm³/mol. The van der Waals surface area contributed by atoms with Gasteiger partial charge in [-0.1, -0.05) is 15.9 Å². The van der Waals surface area contributed by atoms with Gasteiger partial charge in [-0.3, -0.25) is 9.58 Å². The lowest BCUT2D eigenvalue weighted by Gasteiger charge is -2.21. The summed E-state index contributed by atoms with van der Waals surface area (Å²) in [6.07, 6.45) is 0. The minimum Gasteiger partial charge on any atom is -0.383 e. The SMILES string of the molecule is COCCN(CCBr)Cc1c(Br)c(C)nn1C. The third kappa shape index (κ3) is 4.35. The highest BCUT2D eigenvalue weighted by Gasteiger charge is 2.14. The fraction of sp³-hybridized carbons (Fsp3) is 0.727. The first-order chi connectivity index (χ1) is 8.10. The monoisotopic (exact) mass is 367 g/mol. The van der Waals surface area contributed by atoms with E-state index in [0.29, 0.717) is 0 Å². The second-order valence-electron chi connectivity index (χ2n) is 3.93. The highest BCUT2D eigenvalue weighted by Crippen LogP contribution is 2.21. The van der Waals surface area contributed by atoms with Crippen LogP contribution in [-0.2, 0) is 18.3 Å². The van der Waals surface area contributed by atoms with Crippen LogP contribution in [0.4, 0.5) is 0 Å². The molecule has 0 radical (unpaired) electrons. The summed E-state index contributed by atoms with van der Waals surface area (Å²) in [5, 5.41) is 5.37. The third-order valence-electron chi connectivity index (χ3n) is 2.65. The highest BCUT2D eigenvalue weighted by molar-refractivity contribution is 9.10. The Kier molecular flexibility index (Phi) is 6.69. The summed E-state index contributed by atoms with van der Waals surface area (Å²) in [6, 6.07) is 0. The Morgan fingerprint density at radius 2 is 2.12 bits per heavy atom. The van der Waals surface area contributed by atoms with E-state index < -0.39 is 0 Å². The molecule has 1 aromatic rings. The number of aryl methyl sites for hydroxylation is 2. The van der Waals surface area contributed by atoms with E-state index in [1.807, 2.05) is 18.7 Å². The minimum absolute atomic E-state index is 0.751. The molecule has 0 unspecified atom stereocenters. The van der Waals surface area contributed by atoms with Gasteiger partial charge in [0.2, 0.25) is 0 Å². The number of aromatic nitrogens is 2. The maximum Gasteiger partial charge on any atom is 0.0739 e. The zero-order chi connectivity index (χ0) is 12.8. The number of alkyl halides is 1. The average Bonchev–Trinajstić information content (AvgIpc) is 2.53. The van der Waals surface area contributed by atoms with Crippen LogP contribution >= 0.6 is 31.9 Å². The van der Waals surface area contributed by atoms with E-state index in [1.54, 1.807) is 7.11 Å². The van der Waals surface area contributed by atoms with Crippen molar-refractivity contribution in [3.05, 3.63) is 15.9 Å². The van der Waals surface area contributed by atoms with Crippen molar-refractivity contribution in [1.82, 2.24) is 14.7 Å². The van der Waals surface area contributed by atoms with Crippen LogP contribution in [0.2, 0.25) is 0 Å². The van der Waals surface area contributed by atoms with Crippen molar-refractivity contribution < 1.29 is 4.74 Å². The molecule has 6 heteroatoms. The Balaban J connectivity index is 2.70. The van der Waals surface area contributed by atoms with Gasteiger partial charge in [-0.25, -0.2) is 0 Å². The fourth-order valence-corrected chi connectivity index (χ4v) is 2.64. The summed E-state index contributed by atoms with van der Waals surface area (Å²) in [7, 11) is 3.71. The molecule has 0 aromatic carbocycles. The summed E-state index contributed by atoms with van der Waals surface area (Å²) in [5.74, 6) is 0. The average molecular weight is 369 g/mol. The van der Waals surface area contributed by atoms with Crippen LogP contribution in [0.5, 0.6) is 0 Å². The van der Waals surface area contributed by atoms with E-state index in [4.69, 9.17) is 4.74 Å². The van der Waals surface area contributed by atoms with Gasteiger partial charge in [0.25, 0.3) is 0 Å². The van der Waals surface area contributed by atoms with Crippen molar-refractivity contribution in [3.8, 4) is 0 Å². The Bertz CT molecular complexity index is 355.